The first-order valence-corrected chi connectivity index (χ1v) is 9.83. The van der Waals surface area contributed by atoms with Gasteiger partial charge in [0.1, 0.15) is 5.69 Å². The highest BCUT2D eigenvalue weighted by Gasteiger charge is 2.25. The van der Waals surface area contributed by atoms with E-state index in [0.717, 1.165) is 50.4 Å². The zero-order chi connectivity index (χ0) is 19.3. The van der Waals surface area contributed by atoms with Gasteiger partial charge in [0.15, 0.2) is 0 Å². The molecule has 0 atom stereocenters. The highest BCUT2D eigenvalue weighted by molar-refractivity contribution is 5.99. The first kappa shape index (κ1) is 18.4. The number of para-hydroxylation sites is 1. The van der Waals surface area contributed by atoms with Crippen molar-refractivity contribution >= 4 is 5.91 Å². The molecule has 1 fully saturated rings. The second-order valence-electron chi connectivity index (χ2n) is 6.99. The molecule has 0 N–H and O–H groups in total. The molecular formula is C22H25N5O. The predicted molar refractivity (Wildman–Crippen MR) is 109 cm³/mol. The predicted octanol–water partition coefficient (Wildman–Crippen LogP) is 3.10. The standard InChI is InChI=1S/C22H25N5O/c1-2-25-12-7-13-26(15-14-25)22(28)20-17-27(19-9-4-3-5-10-19)24-21(20)18-8-6-11-23-16-18/h3-6,8-11,16-17H,2,7,12-15H2,1H3. The third kappa shape index (κ3) is 3.82. The lowest BCUT2D eigenvalue weighted by molar-refractivity contribution is 0.0762. The maximum Gasteiger partial charge on any atom is 0.257 e. The van der Waals surface area contributed by atoms with Crippen LogP contribution in [-0.2, 0) is 0 Å². The van der Waals surface area contributed by atoms with Gasteiger partial charge in [0.2, 0.25) is 0 Å². The molecule has 3 heterocycles. The minimum absolute atomic E-state index is 0.0407. The Kier molecular flexibility index (Phi) is 5.48. The Bertz CT molecular complexity index is 923. The van der Waals surface area contributed by atoms with Crippen molar-refractivity contribution in [1.82, 2.24) is 24.6 Å². The Balaban J connectivity index is 1.70. The molecule has 6 nitrogen and oxygen atoms in total. The fourth-order valence-corrected chi connectivity index (χ4v) is 3.62. The number of likely N-dealkylation sites (N-methyl/N-ethyl adjacent to an activating group) is 1. The molecule has 3 aromatic rings. The molecule has 6 heteroatoms. The van der Waals surface area contributed by atoms with E-state index in [0.29, 0.717) is 11.3 Å². The van der Waals surface area contributed by atoms with Crippen molar-refractivity contribution in [2.75, 3.05) is 32.7 Å². The van der Waals surface area contributed by atoms with E-state index in [-0.39, 0.29) is 5.91 Å². The van der Waals surface area contributed by atoms with E-state index in [1.165, 1.54) is 0 Å². The van der Waals surface area contributed by atoms with Crippen LogP contribution in [0.15, 0.2) is 61.1 Å². The van der Waals surface area contributed by atoms with E-state index in [2.05, 4.69) is 16.8 Å². The SMILES string of the molecule is CCN1CCCN(C(=O)c2cn(-c3ccccc3)nc2-c2cccnc2)CC1. The van der Waals surface area contributed by atoms with Gasteiger partial charge in [-0.05, 0) is 43.8 Å². The van der Waals surface area contributed by atoms with E-state index in [4.69, 9.17) is 5.10 Å². The van der Waals surface area contributed by atoms with E-state index in [9.17, 15) is 4.79 Å². The maximum absolute atomic E-state index is 13.4. The molecule has 0 spiro atoms. The van der Waals surface area contributed by atoms with Crippen molar-refractivity contribution in [1.29, 1.82) is 0 Å². The topological polar surface area (TPSA) is 54.3 Å². The highest BCUT2D eigenvalue weighted by atomic mass is 16.2. The number of pyridine rings is 1. The average molecular weight is 375 g/mol. The van der Waals surface area contributed by atoms with Crippen LogP contribution in [0.2, 0.25) is 0 Å². The Morgan fingerprint density at radius 1 is 1.04 bits per heavy atom. The van der Waals surface area contributed by atoms with Crippen molar-refractivity contribution in [3.8, 4) is 16.9 Å². The van der Waals surface area contributed by atoms with Crippen LogP contribution in [-0.4, -0.2) is 63.2 Å². The van der Waals surface area contributed by atoms with Crippen LogP contribution in [0, 0.1) is 0 Å². The number of hydrogen-bond acceptors (Lipinski definition) is 4. The summed E-state index contributed by atoms with van der Waals surface area (Å²) in [4.78, 5) is 22.0. The molecule has 1 saturated heterocycles. The first-order chi connectivity index (χ1) is 13.8. The van der Waals surface area contributed by atoms with Crippen LogP contribution in [0.1, 0.15) is 23.7 Å². The summed E-state index contributed by atoms with van der Waals surface area (Å²) in [6.45, 7) is 6.67. The van der Waals surface area contributed by atoms with Crippen molar-refractivity contribution in [2.24, 2.45) is 0 Å². The Labute approximate surface area is 165 Å². The molecule has 1 amide bonds. The van der Waals surface area contributed by atoms with Crippen LogP contribution in [0.5, 0.6) is 0 Å². The molecule has 0 unspecified atom stereocenters. The Morgan fingerprint density at radius 2 is 1.89 bits per heavy atom. The minimum Gasteiger partial charge on any atom is -0.337 e. The summed E-state index contributed by atoms with van der Waals surface area (Å²) in [6, 6.07) is 13.7. The van der Waals surface area contributed by atoms with Gasteiger partial charge in [-0.1, -0.05) is 25.1 Å². The smallest absolute Gasteiger partial charge is 0.257 e. The molecule has 0 saturated carbocycles. The number of hydrogen-bond donors (Lipinski definition) is 0. The normalized spacial score (nSPS) is 15.4. The first-order valence-electron chi connectivity index (χ1n) is 9.83. The average Bonchev–Trinajstić information content (AvgIpc) is 3.06. The van der Waals surface area contributed by atoms with Crippen molar-refractivity contribution in [3.63, 3.8) is 0 Å². The summed E-state index contributed by atoms with van der Waals surface area (Å²) in [5.74, 6) is 0.0407. The van der Waals surface area contributed by atoms with Gasteiger partial charge < -0.3 is 9.80 Å². The zero-order valence-electron chi connectivity index (χ0n) is 16.2. The van der Waals surface area contributed by atoms with Crippen LogP contribution >= 0.6 is 0 Å². The van der Waals surface area contributed by atoms with Crippen molar-refractivity contribution in [3.05, 3.63) is 66.6 Å². The second kappa shape index (κ2) is 8.35. The maximum atomic E-state index is 13.4. The molecule has 2 aromatic heterocycles. The van der Waals surface area contributed by atoms with Crippen LogP contribution < -0.4 is 0 Å². The summed E-state index contributed by atoms with van der Waals surface area (Å²) in [5, 5.41) is 4.74. The summed E-state index contributed by atoms with van der Waals surface area (Å²) in [7, 11) is 0. The molecular weight excluding hydrogens is 350 g/mol. The number of aromatic nitrogens is 3. The lowest BCUT2D eigenvalue weighted by Gasteiger charge is -2.21. The van der Waals surface area contributed by atoms with Gasteiger partial charge in [0.05, 0.1) is 11.3 Å². The number of carbonyl (C=O) groups excluding carboxylic acids is 1. The number of carbonyl (C=O) groups is 1. The lowest BCUT2D eigenvalue weighted by atomic mass is 10.1. The van der Waals surface area contributed by atoms with Gasteiger partial charge in [-0.25, -0.2) is 4.68 Å². The van der Waals surface area contributed by atoms with E-state index in [1.54, 1.807) is 17.1 Å². The highest BCUT2D eigenvalue weighted by Crippen LogP contribution is 2.25. The van der Waals surface area contributed by atoms with Crippen LogP contribution in [0.4, 0.5) is 0 Å². The molecule has 1 aliphatic rings. The Morgan fingerprint density at radius 3 is 2.64 bits per heavy atom. The third-order valence-electron chi connectivity index (χ3n) is 5.22. The molecule has 0 radical (unpaired) electrons. The molecule has 28 heavy (non-hydrogen) atoms. The molecule has 0 aliphatic carbocycles. The van der Waals surface area contributed by atoms with Gasteiger partial charge in [-0.2, -0.15) is 5.10 Å². The van der Waals surface area contributed by atoms with Crippen molar-refractivity contribution in [2.45, 2.75) is 13.3 Å². The van der Waals surface area contributed by atoms with Crippen LogP contribution in [0.3, 0.4) is 0 Å². The second-order valence-corrected chi connectivity index (χ2v) is 6.99. The molecule has 4 rings (SSSR count). The van der Waals surface area contributed by atoms with Gasteiger partial charge in [0, 0.05) is 43.8 Å². The third-order valence-corrected chi connectivity index (χ3v) is 5.22. The number of amides is 1. The lowest BCUT2D eigenvalue weighted by Crippen LogP contribution is -2.35. The van der Waals surface area contributed by atoms with Gasteiger partial charge in [0.25, 0.3) is 5.91 Å². The van der Waals surface area contributed by atoms with Gasteiger partial charge in [-0.3, -0.25) is 9.78 Å². The number of nitrogens with zero attached hydrogens (tertiary/aromatic N) is 5. The minimum atomic E-state index is 0.0407. The fraction of sp³-hybridized carbons (Fsp3) is 0.318. The molecule has 1 aliphatic heterocycles. The molecule has 1 aromatic carbocycles. The quantitative estimate of drug-likeness (QED) is 0.703. The molecule has 0 bridgehead atoms. The summed E-state index contributed by atoms with van der Waals surface area (Å²) < 4.78 is 1.78. The molecule has 144 valence electrons. The van der Waals surface area contributed by atoms with Crippen molar-refractivity contribution < 1.29 is 4.79 Å². The monoisotopic (exact) mass is 375 g/mol. The number of benzene rings is 1. The Hall–Kier alpha value is -2.99. The fourth-order valence-electron chi connectivity index (χ4n) is 3.62. The van der Waals surface area contributed by atoms with Crippen LogP contribution in [0.25, 0.3) is 16.9 Å². The van der Waals surface area contributed by atoms with Gasteiger partial charge >= 0.3 is 0 Å². The van der Waals surface area contributed by atoms with Gasteiger partial charge in [-0.15, -0.1) is 0 Å². The summed E-state index contributed by atoms with van der Waals surface area (Å²) in [5.41, 5.74) is 3.09. The van der Waals surface area contributed by atoms with E-state index >= 15 is 0 Å². The summed E-state index contributed by atoms with van der Waals surface area (Å²) >= 11 is 0. The summed E-state index contributed by atoms with van der Waals surface area (Å²) in [6.07, 6.45) is 6.33. The van der Waals surface area contributed by atoms with E-state index in [1.807, 2.05) is 53.6 Å². The van der Waals surface area contributed by atoms with E-state index < -0.39 is 0 Å². The number of rotatable bonds is 4. The zero-order valence-corrected chi connectivity index (χ0v) is 16.2. The largest absolute Gasteiger partial charge is 0.337 e.